The number of hydrogen-bond donors (Lipinski definition) is 0. The third-order valence-corrected chi connectivity index (χ3v) is 6.06. The van der Waals surface area contributed by atoms with E-state index in [1.54, 1.807) is 4.90 Å². The predicted molar refractivity (Wildman–Crippen MR) is 151 cm³/mol. The second-order valence-corrected chi connectivity index (χ2v) is 12.3. The van der Waals surface area contributed by atoms with Crippen molar-refractivity contribution in [2.24, 2.45) is 17.8 Å². The molecule has 0 aliphatic carbocycles. The monoisotopic (exact) mass is 509 g/mol. The summed E-state index contributed by atoms with van der Waals surface area (Å²) in [6.07, 6.45) is -0.378. The van der Waals surface area contributed by atoms with E-state index in [4.69, 9.17) is 9.47 Å². The Labute approximate surface area is 224 Å². The smallest absolute Gasteiger partial charge is 0.410 e. The molecule has 0 saturated heterocycles. The zero-order valence-corrected chi connectivity index (χ0v) is 24.6. The summed E-state index contributed by atoms with van der Waals surface area (Å²) < 4.78 is 11.5. The fourth-order valence-corrected chi connectivity index (χ4v) is 4.22. The van der Waals surface area contributed by atoms with Crippen LogP contribution in [0.3, 0.4) is 0 Å². The molecular weight excluding hydrogens is 462 g/mol. The van der Waals surface area contributed by atoms with Crippen LogP contribution >= 0.6 is 0 Å². The van der Waals surface area contributed by atoms with Crippen LogP contribution in [0, 0.1) is 24.7 Å². The molecule has 204 valence electrons. The summed E-state index contributed by atoms with van der Waals surface area (Å²) in [7, 11) is 0. The summed E-state index contributed by atoms with van der Waals surface area (Å²) in [6, 6.07) is 13.5. The van der Waals surface area contributed by atoms with Crippen LogP contribution in [0.4, 0.5) is 4.79 Å². The van der Waals surface area contributed by atoms with Crippen LogP contribution in [0.5, 0.6) is 0 Å². The highest BCUT2D eigenvalue weighted by atomic mass is 16.6. The van der Waals surface area contributed by atoms with Gasteiger partial charge in [-0.05, 0) is 58.4 Å². The lowest BCUT2D eigenvalue weighted by Crippen LogP contribution is -2.40. The van der Waals surface area contributed by atoms with Crippen molar-refractivity contribution in [3.05, 3.63) is 70.3 Å². The highest BCUT2D eigenvalue weighted by Crippen LogP contribution is 2.37. The van der Waals surface area contributed by atoms with E-state index in [0.717, 1.165) is 22.3 Å². The van der Waals surface area contributed by atoms with Crippen LogP contribution in [-0.4, -0.2) is 36.7 Å². The van der Waals surface area contributed by atoms with Gasteiger partial charge in [-0.15, -0.1) is 0 Å². The minimum Gasteiger partial charge on any atom is -0.462 e. The molecule has 5 nitrogen and oxygen atoms in total. The molecule has 2 aromatic rings. The molecule has 0 N–H and O–H groups in total. The highest BCUT2D eigenvalue weighted by Gasteiger charge is 2.34. The molecule has 0 bridgehead atoms. The first-order valence-corrected chi connectivity index (χ1v) is 13.5. The number of amides is 1. The minimum absolute atomic E-state index is 0.160. The van der Waals surface area contributed by atoms with Gasteiger partial charge in [-0.1, -0.05) is 98.7 Å². The fourth-order valence-electron chi connectivity index (χ4n) is 4.22. The number of benzene rings is 2. The van der Waals surface area contributed by atoms with Crippen LogP contribution in [0.25, 0.3) is 0 Å². The minimum atomic E-state index is -0.501. The van der Waals surface area contributed by atoms with Crippen molar-refractivity contribution in [3.63, 3.8) is 0 Å². The van der Waals surface area contributed by atoms with Crippen LogP contribution < -0.4 is 0 Å². The maximum atomic E-state index is 13.6. The van der Waals surface area contributed by atoms with Crippen molar-refractivity contribution >= 4 is 12.1 Å². The third kappa shape index (κ3) is 8.62. The topological polar surface area (TPSA) is 55.8 Å². The van der Waals surface area contributed by atoms with Gasteiger partial charge in [0.15, 0.2) is 0 Å². The molecule has 0 spiro atoms. The summed E-state index contributed by atoms with van der Waals surface area (Å²) in [5.41, 5.74) is 4.05. The Bertz CT molecular complexity index is 1030. The van der Waals surface area contributed by atoms with Gasteiger partial charge in [-0.3, -0.25) is 4.90 Å². The highest BCUT2D eigenvalue weighted by molar-refractivity contribution is 5.92. The van der Waals surface area contributed by atoms with Gasteiger partial charge in [0, 0.05) is 6.54 Å². The number of nitrogens with zero attached hydrogens (tertiary/aromatic N) is 1. The van der Waals surface area contributed by atoms with Gasteiger partial charge in [0.2, 0.25) is 0 Å². The van der Waals surface area contributed by atoms with E-state index in [0.29, 0.717) is 25.3 Å². The molecule has 0 aromatic heterocycles. The number of hydrogen-bond acceptors (Lipinski definition) is 4. The Morgan fingerprint density at radius 1 is 0.838 bits per heavy atom. The second kappa shape index (κ2) is 13.1. The Morgan fingerprint density at radius 3 is 1.92 bits per heavy atom. The van der Waals surface area contributed by atoms with E-state index in [2.05, 4.69) is 40.7 Å². The zero-order valence-electron chi connectivity index (χ0n) is 24.6. The summed E-state index contributed by atoms with van der Waals surface area (Å²) in [5.74, 6) is 0.268. The summed E-state index contributed by atoms with van der Waals surface area (Å²) in [5, 5.41) is 0. The van der Waals surface area contributed by atoms with E-state index in [9.17, 15) is 9.59 Å². The molecule has 5 heteroatoms. The molecule has 0 aliphatic rings. The molecule has 37 heavy (non-hydrogen) atoms. The average Bonchev–Trinajstić information content (AvgIpc) is 2.80. The molecule has 0 fully saturated rings. The average molecular weight is 510 g/mol. The molecule has 0 aliphatic heterocycles. The van der Waals surface area contributed by atoms with Crippen molar-refractivity contribution in [2.75, 3.05) is 19.8 Å². The summed E-state index contributed by atoms with van der Waals surface area (Å²) in [4.78, 5) is 29.0. The second-order valence-electron chi connectivity index (χ2n) is 12.3. The largest absolute Gasteiger partial charge is 0.462 e. The maximum Gasteiger partial charge on any atom is 0.410 e. The number of aryl methyl sites for hydroxylation is 1. The van der Waals surface area contributed by atoms with Crippen molar-refractivity contribution in [3.8, 4) is 0 Å². The van der Waals surface area contributed by atoms with Gasteiger partial charge in [0.25, 0.3) is 0 Å². The lowest BCUT2D eigenvalue weighted by molar-refractivity contribution is 0.0451. The number of rotatable bonds is 10. The van der Waals surface area contributed by atoms with Crippen molar-refractivity contribution in [1.29, 1.82) is 0 Å². The van der Waals surface area contributed by atoms with E-state index < -0.39 is 6.04 Å². The molecule has 0 heterocycles. The Balaban J connectivity index is 2.82. The molecule has 0 radical (unpaired) electrons. The van der Waals surface area contributed by atoms with Gasteiger partial charge < -0.3 is 9.47 Å². The first-order chi connectivity index (χ1) is 17.2. The zero-order chi connectivity index (χ0) is 27.9. The number of ether oxygens (including phenoxy) is 2. The lowest BCUT2D eigenvalue weighted by Gasteiger charge is -2.35. The van der Waals surface area contributed by atoms with Crippen molar-refractivity contribution < 1.29 is 19.1 Å². The summed E-state index contributed by atoms with van der Waals surface area (Å²) >= 11 is 0. The fraction of sp³-hybridized carbons (Fsp3) is 0.562. The first-order valence-electron chi connectivity index (χ1n) is 13.5. The van der Waals surface area contributed by atoms with E-state index in [1.165, 1.54) is 0 Å². The first kappa shape index (κ1) is 30.4. The third-order valence-electron chi connectivity index (χ3n) is 6.06. The Hall–Kier alpha value is -2.82. The van der Waals surface area contributed by atoms with Crippen LogP contribution in [0.1, 0.15) is 101 Å². The molecule has 1 amide bonds. The van der Waals surface area contributed by atoms with E-state index >= 15 is 0 Å². The SMILES string of the molecule is Cc1cc(C(C)(C)C)cc(C(=O)OCC(C)C)c1C(c1ccccc1)N(CC(C)C)C(=O)OCC(C)C. The van der Waals surface area contributed by atoms with E-state index in [1.807, 2.05) is 71.0 Å². The molecule has 1 unspecified atom stereocenters. The predicted octanol–water partition coefficient (Wildman–Crippen LogP) is 7.95. The van der Waals surface area contributed by atoms with Gasteiger partial charge in [0.05, 0.1) is 24.8 Å². The van der Waals surface area contributed by atoms with Crippen LogP contribution in [0.2, 0.25) is 0 Å². The van der Waals surface area contributed by atoms with Gasteiger partial charge in [-0.25, -0.2) is 9.59 Å². The van der Waals surface area contributed by atoms with Crippen molar-refractivity contribution in [2.45, 2.75) is 80.7 Å². The van der Waals surface area contributed by atoms with Gasteiger partial charge in [0.1, 0.15) is 0 Å². The number of carbonyl (C=O) groups excluding carboxylic acids is 2. The summed E-state index contributed by atoms with van der Waals surface area (Å²) in [6.45, 7) is 21.8. The molecule has 0 saturated carbocycles. The number of esters is 1. The van der Waals surface area contributed by atoms with Crippen LogP contribution in [-0.2, 0) is 14.9 Å². The Kier molecular flexibility index (Phi) is 10.8. The maximum absolute atomic E-state index is 13.6. The van der Waals surface area contributed by atoms with E-state index in [-0.39, 0.29) is 35.2 Å². The van der Waals surface area contributed by atoms with Gasteiger partial charge >= 0.3 is 12.1 Å². The molecule has 2 aromatic carbocycles. The standard InChI is InChI=1S/C32H47NO4/c1-21(2)18-33(31(35)37-20-23(5)6)29(25-14-12-11-13-15-25)28-24(7)16-26(32(8,9)10)17-27(28)30(34)36-19-22(3)4/h11-17,21-23,29H,18-20H2,1-10H3. The normalized spacial score (nSPS) is 12.7. The van der Waals surface area contributed by atoms with Gasteiger partial charge in [-0.2, -0.15) is 0 Å². The van der Waals surface area contributed by atoms with Crippen molar-refractivity contribution in [1.82, 2.24) is 4.90 Å². The quantitative estimate of drug-likeness (QED) is 0.305. The molecular formula is C32H47NO4. The molecule has 1 atom stereocenters. The Morgan fingerprint density at radius 2 is 1.41 bits per heavy atom. The van der Waals surface area contributed by atoms with Crippen LogP contribution in [0.15, 0.2) is 42.5 Å². The lowest BCUT2D eigenvalue weighted by atomic mass is 9.81. The molecule has 2 rings (SSSR count). The number of carbonyl (C=O) groups is 2.